The van der Waals surface area contributed by atoms with Gasteiger partial charge in [0, 0.05) is 12.5 Å². The fourth-order valence-corrected chi connectivity index (χ4v) is 1.21. The molecule has 0 aliphatic heterocycles. The van der Waals surface area contributed by atoms with Gasteiger partial charge in [0.15, 0.2) is 5.78 Å². The summed E-state index contributed by atoms with van der Waals surface area (Å²) in [5.41, 5.74) is 0.825. The zero-order chi connectivity index (χ0) is 8.27. The third-order valence-electron chi connectivity index (χ3n) is 1.70. The summed E-state index contributed by atoms with van der Waals surface area (Å²) in [4.78, 5) is 11.2. The van der Waals surface area contributed by atoms with Crippen LogP contribution in [0.25, 0.3) is 0 Å². The second kappa shape index (κ2) is 3.56. The predicted molar refractivity (Wildman–Crippen MR) is 45.2 cm³/mol. The minimum absolute atomic E-state index is 0.268. The molecule has 2 nitrogen and oxygen atoms in total. The van der Waals surface area contributed by atoms with E-state index in [0.29, 0.717) is 12.5 Å². The van der Waals surface area contributed by atoms with Crippen molar-refractivity contribution in [2.45, 2.75) is 39.2 Å². The van der Waals surface area contributed by atoms with Crippen LogP contribution in [0.1, 0.15) is 33.1 Å². The first kappa shape index (κ1) is 8.31. The van der Waals surface area contributed by atoms with E-state index in [4.69, 9.17) is 0 Å². The summed E-state index contributed by atoms with van der Waals surface area (Å²) >= 11 is 0. The van der Waals surface area contributed by atoms with Crippen molar-refractivity contribution in [2.24, 2.45) is 0 Å². The predicted octanol–water partition coefficient (Wildman–Crippen LogP) is 1.62. The van der Waals surface area contributed by atoms with Gasteiger partial charge in [0.05, 0.1) is 5.70 Å². The highest BCUT2D eigenvalue weighted by Crippen LogP contribution is 2.11. The molecule has 0 unspecified atom stereocenters. The quantitative estimate of drug-likeness (QED) is 0.653. The molecular formula is C9H15NO. The van der Waals surface area contributed by atoms with E-state index in [1.54, 1.807) is 0 Å². The van der Waals surface area contributed by atoms with Gasteiger partial charge >= 0.3 is 0 Å². The lowest BCUT2D eigenvalue weighted by atomic mass is 10.0. The Labute approximate surface area is 67.7 Å². The molecule has 62 valence electrons. The standard InChI is InChI=1S/C9H15NO/c1-7(2)10-8-5-3-4-6-9(8)11/h5,7,10H,3-4,6H2,1-2H3. The zero-order valence-corrected chi connectivity index (χ0v) is 7.18. The van der Waals surface area contributed by atoms with E-state index in [-0.39, 0.29) is 5.78 Å². The molecule has 0 heterocycles. The lowest BCUT2D eigenvalue weighted by Gasteiger charge is -2.16. The number of ketones is 1. The average molecular weight is 153 g/mol. The lowest BCUT2D eigenvalue weighted by molar-refractivity contribution is -0.116. The van der Waals surface area contributed by atoms with Gasteiger partial charge in [-0.1, -0.05) is 6.08 Å². The molecule has 0 aromatic carbocycles. The number of allylic oxidation sites excluding steroid dienone is 2. The molecule has 1 N–H and O–H groups in total. The summed E-state index contributed by atoms with van der Waals surface area (Å²) in [7, 11) is 0. The number of carbonyl (C=O) groups excluding carboxylic acids is 1. The van der Waals surface area contributed by atoms with Crippen molar-refractivity contribution in [1.29, 1.82) is 0 Å². The Kier molecular flexibility index (Phi) is 2.69. The van der Waals surface area contributed by atoms with E-state index in [2.05, 4.69) is 5.32 Å². The molecule has 0 spiro atoms. The smallest absolute Gasteiger partial charge is 0.178 e. The number of carbonyl (C=O) groups is 1. The van der Waals surface area contributed by atoms with E-state index in [0.717, 1.165) is 18.5 Å². The van der Waals surface area contributed by atoms with Crippen LogP contribution in [-0.2, 0) is 4.79 Å². The van der Waals surface area contributed by atoms with Gasteiger partial charge in [-0.3, -0.25) is 4.79 Å². The highest BCUT2D eigenvalue weighted by Gasteiger charge is 2.13. The number of rotatable bonds is 2. The van der Waals surface area contributed by atoms with Gasteiger partial charge in [0.25, 0.3) is 0 Å². The van der Waals surface area contributed by atoms with Crippen molar-refractivity contribution < 1.29 is 4.79 Å². The van der Waals surface area contributed by atoms with Crippen LogP contribution >= 0.6 is 0 Å². The first-order chi connectivity index (χ1) is 5.20. The molecule has 0 amide bonds. The van der Waals surface area contributed by atoms with Gasteiger partial charge in [-0.2, -0.15) is 0 Å². The van der Waals surface area contributed by atoms with Crippen LogP contribution in [-0.4, -0.2) is 11.8 Å². The normalized spacial score (nSPS) is 18.5. The summed E-state index contributed by atoms with van der Waals surface area (Å²) in [6.45, 7) is 4.09. The van der Waals surface area contributed by atoms with Crippen molar-refractivity contribution in [3.8, 4) is 0 Å². The second-order valence-corrected chi connectivity index (χ2v) is 3.23. The largest absolute Gasteiger partial charge is 0.380 e. The third kappa shape index (κ3) is 2.37. The Morgan fingerprint density at radius 2 is 2.27 bits per heavy atom. The van der Waals surface area contributed by atoms with E-state index < -0.39 is 0 Å². The van der Waals surface area contributed by atoms with Crippen LogP contribution in [0.5, 0.6) is 0 Å². The molecule has 0 aromatic rings. The monoisotopic (exact) mass is 153 g/mol. The van der Waals surface area contributed by atoms with E-state index in [1.165, 1.54) is 0 Å². The van der Waals surface area contributed by atoms with E-state index >= 15 is 0 Å². The van der Waals surface area contributed by atoms with Crippen molar-refractivity contribution in [2.75, 3.05) is 0 Å². The Balaban J connectivity index is 2.54. The Morgan fingerprint density at radius 1 is 1.55 bits per heavy atom. The van der Waals surface area contributed by atoms with Gasteiger partial charge in [-0.15, -0.1) is 0 Å². The van der Waals surface area contributed by atoms with Crippen molar-refractivity contribution in [1.82, 2.24) is 5.32 Å². The van der Waals surface area contributed by atoms with E-state index in [1.807, 2.05) is 19.9 Å². The SMILES string of the molecule is CC(C)NC1=CCCCC1=O. The van der Waals surface area contributed by atoms with Crippen molar-refractivity contribution >= 4 is 5.78 Å². The second-order valence-electron chi connectivity index (χ2n) is 3.23. The fraction of sp³-hybridized carbons (Fsp3) is 0.667. The molecular weight excluding hydrogens is 138 g/mol. The highest BCUT2D eigenvalue weighted by molar-refractivity contribution is 5.95. The maximum absolute atomic E-state index is 11.2. The number of Topliss-reactive ketones (excluding diaryl/α,β-unsaturated/α-hetero) is 1. The molecule has 0 radical (unpaired) electrons. The van der Waals surface area contributed by atoms with Crippen LogP contribution in [0, 0.1) is 0 Å². The molecule has 0 aromatic heterocycles. The van der Waals surface area contributed by atoms with Crippen LogP contribution < -0.4 is 5.32 Å². The number of nitrogens with one attached hydrogen (secondary N) is 1. The summed E-state index contributed by atoms with van der Waals surface area (Å²) in [6.07, 6.45) is 4.78. The topological polar surface area (TPSA) is 29.1 Å². The average Bonchev–Trinajstić information content (AvgIpc) is 1.93. The van der Waals surface area contributed by atoms with Gasteiger partial charge in [-0.05, 0) is 26.7 Å². The minimum atomic E-state index is 0.268. The van der Waals surface area contributed by atoms with Gasteiger partial charge in [0.2, 0.25) is 0 Å². The zero-order valence-electron chi connectivity index (χ0n) is 7.18. The van der Waals surface area contributed by atoms with Gasteiger partial charge in [-0.25, -0.2) is 0 Å². The molecule has 0 atom stereocenters. The van der Waals surface area contributed by atoms with Crippen LogP contribution in [0.2, 0.25) is 0 Å². The molecule has 1 aliphatic rings. The number of hydrogen-bond donors (Lipinski definition) is 1. The molecule has 2 heteroatoms. The lowest BCUT2D eigenvalue weighted by Crippen LogP contribution is -2.28. The number of hydrogen-bond acceptors (Lipinski definition) is 2. The summed E-state index contributed by atoms with van der Waals surface area (Å²) in [6, 6.07) is 0.364. The maximum Gasteiger partial charge on any atom is 0.178 e. The minimum Gasteiger partial charge on any atom is -0.380 e. The van der Waals surface area contributed by atoms with Gasteiger partial charge in [0.1, 0.15) is 0 Å². The summed E-state index contributed by atoms with van der Waals surface area (Å²) in [5.74, 6) is 0.268. The summed E-state index contributed by atoms with van der Waals surface area (Å²) in [5, 5.41) is 3.14. The molecule has 1 aliphatic carbocycles. The first-order valence-electron chi connectivity index (χ1n) is 4.20. The molecule has 0 bridgehead atoms. The Morgan fingerprint density at radius 3 is 2.82 bits per heavy atom. The van der Waals surface area contributed by atoms with Crippen molar-refractivity contribution in [3.05, 3.63) is 11.8 Å². The third-order valence-corrected chi connectivity index (χ3v) is 1.70. The Hall–Kier alpha value is -0.790. The summed E-state index contributed by atoms with van der Waals surface area (Å²) < 4.78 is 0. The maximum atomic E-state index is 11.2. The molecule has 0 fully saturated rings. The fourth-order valence-electron chi connectivity index (χ4n) is 1.21. The van der Waals surface area contributed by atoms with Crippen LogP contribution in [0.4, 0.5) is 0 Å². The molecule has 0 saturated carbocycles. The Bertz CT molecular complexity index is 182. The molecule has 11 heavy (non-hydrogen) atoms. The molecule has 1 rings (SSSR count). The van der Waals surface area contributed by atoms with Crippen molar-refractivity contribution in [3.63, 3.8) is 0 Å². The molecule has 0 saturated heterocycles. The van der Waals surface area contributed by atoms with E-state index in [9.17, 15) is 4.79 Å². The van der Waals surface area contributed by atoms with Gasteiger partial charge < -0.3 is 5.32 Å². The van der Waals surface area contributed by atoms with Crippen LogP contribution in [0.3, 0.4) is 0 Å². The highest BCUT2D eigenvalue weighted by atomic mass is 16.1. The first-order valence-corrected chi connectivity index (χ1v) is 4.20. The van der Waals surface area contributed by atoms with Crippen LogP contribution in [0.15, 0.2) is 11.8 Å².